The molecule has 15 heteroatoms. The van der Waals surface area contributed by atoms with Gasteiger partial charge in [0, 0.05) is 12.3 Å². The summed E-state index contributed by atoms with van der Waals surface area (Å²) in [4.78, 5) is 35.6. The summed E-state index contributed by atoms with van der Waals surface area (Å²) in [5, 5.41) is 3.09. The van der Waals surface area contributed by atoms with Crippen molar-refractivity contribution in [2.24, 2.45) is 0 Å². The van der Waals surface area contributed by atoms with Crippen molar-refractivity contribution in [1.82, 2.24) is 9.97 Å². The van der Waals surface area contributed by atoms with E-state index in [4.69, 9.17) is 24.4 Å². The van der Waals surface area contributed by atoms with E-state index in [2.05, 4.69) is 15.3 Å². The number of methoxy groups -OCH3 is 2. The number of fused-ring (bicyclic) bond motifs is 1. The Hall–Kier alpha value is -4.63. The zero-order valence-electron chi connectivity index (χ0n) is 24.3. The van der Waals surface area contributed by atoms with Crippen molar-refractivity contribution in [1.29, 1.82) is 0 Å². The highest BCUT2D eigenvalue weighted by Crippen LogP contribution is 2.41. The number of carbonyl (C=O) groups excluding carboxylic acids is 2. The summed E-state index contributed by atoms with van der Waals surface area (Å²) < 4.78 is 65.7. The molecule has 228 valence electrons. The topological polar surface area (TPSA) is 165 Å². The van der Waals surface area contributed by atoms with Gasteiger partial charge in [-0.1, -0.05) is 4.31 Å². The van der Waals surface area contributed by atoms with Crippen LogP contribution >= 0.6 is 0 Å². The van der Waals surface area contributed by atoms with Gasteiger partial charge in [-0.2, -0.15) is 0 Å². The van der Waals surface area contributed by atoms with Gasteiger partial charge in [0.25, 0.3) is 0 Å². The summed E-state index contributed by atoms with van der Waals surface area (Å²) in [6, 6.07) is 2.33. The Morgan fingerprint density at radius 2 is 1.72 bits per heavy atom. The normalized spacial score (nSPS) is 12.1. The van der Waals surface area contributed by atoms with E-state index in [1.165, 1.54) is 18.5 Å². The van der Waals surface area contributed by atoms with Gasteiger partial charge in [-0.3, -0.25) is 9.78 Å². The van der Waals surface area contributed by atoms with Crippen LogP contribution in [0, 0.1) is 18.6 Å². The number of benzene rings is 1. The largest absolute Gasteiger partial charge is 0.593 e. The molecule has 43 heavy (non-hydrogen) atoms. The number of nitrogens with one attached hydrogen (secondary N) is 1. The number of furan rings is 1. The molecule has 3 heterocycles. The number of nitrogens with zero attached hydrogens (tertiary/aromatic N) is 3. The minimum atomic E-state index is -2.17. The summed E-state index contributed by atoms with van der Waals surface area (Å²) in [6.07, 6.45) is 4.27. The Bertz CT molecular complexity index is 1670. The third-order valence-corrected chi connectivity index (χ3v) is 6.84. The van der Waals surface area contributed by atoms with E-state index in [-0.39, 0.29) is 22.5 Å². The van der Waals surface area contributed by atoms with Crippen LogP contribution in [0.2, 0.25) is 0 Å². The maximum absolute atomic E-state index is 15.4. The van der Waals surface area contributed by atoms with Crippen molar-refractivity contribution in [2.45, 2.75) is 33.3 Å². The quantitative estimate of drug-likeness (QED) is 0.192. The standard InChI is InChI=1S/C28H29F2N5O7S/c1-13-10-32-11-15(31)23(13)34-19-8-14-18(12-33-19)41-26(24(14)35(43(7)38)27(37)42-28(2,3)4)25(36)20-21(29)16(39-5)9-17(40-6)22(20)30/h8-12H,31H2,1-7H3,(H,32,33,34). The van der Waals surface area contributed by atoms with Gasteiger partial charge in [-0.25, -0.2) is 18.6 Å². The molecule has 12 nitrogen and oxygen atoms in total. The van der Waals surface area contributed by atoms with E-state index in [1.807, 2.05) is 0 Å². The predicted octanol–water partition coefficient (Wildman–Crippen LogP) is 5.42. The van der Waals surface area contributed by atoms with Crippen LogP contribution in [0.4, 0.5) is 36.5 Å². The van der Waals surface area contributed by atoms with Gasteiger partial charge in [0.05, 0.1) is 54.7 Å². The SMILES string of the molecule is COc1cc(OC)c(F)c(C(=O)c2oc3cnc(Nc4c(C)cncc4N)cc3c2N(C(=O)OC(C)(C)C)[S+](C)[O-])c1F. The van der Waals surface area contributed by atoms with E-state index in [9.17, 15) is 14.1 Å². The number of aromatic nitrogens is 2. The molecule has 4 rings (SSSR count). The molecule has 1 atom stereocenters. The first kappa shape index (κ1) is 31.3. The molecular formula is C28H29F2N5O7S. The molecule has 1 amide bonds. The summed E-state index contributed by atoms with van der Waals surface area (Å²) in [5.74, 6) is -5.53. The second-order valence-corrected chi connectivity index (χ2v) is 11.4. The predicted molar refractivity (Wildman–Crippen MR) is 156 cm³/mol. The monoisotopic (exact) mass is 617 g/mol. The first-order valence-corrected chi connectivity index (χ1v) is 14.1. The lowest BCUT2D eigenvalue weighted by Crippen LogP contribution is -2.41. The molecule has 0 radical (unpaired) electrons. The number of amides is 1. The summed E-state index contributed by atoms with van der Waals surface area (Å²) in [6.45, 7) is 6.52. The summed E-state index contributed by atoms with van der Waals surface area (Å²) in [7, 11) is 2.25. The van der Waals surface area contributed by atoms with Crippen LogP contribution in [-0.2, 0) is 16.1 Å². The van der Waals surface area contributed by atoms with Crippen molar-refractivity contribution in [3.63, 3.8) is 0 Å². The van der Waals surface area contributed by atoms with E-state index in [1.54, 1.807) is 33.9 Å². The molecule has 0 saturated carbocycles. The van der Waals surface area contributed by atoms with E-state index in [0.717, 1.165) is 26.5 Å². The van der Waals surface area contributed by atoms with Crippen molar-refractivity contribution in [2.75, 3.05) is 35.8 Å². The van der Waals surface area contributed by atoms with Gasteiger partial charge < -0.3 is 34.2 Å². The minimum Gasteiger partial charge on any atom is -0.593 e. The third kappa shape index (κ3) is 6.12. The Morgan fingerprint density at radius 3 is 2.26 bits per heavy atom. The molecule has 0 bridgehead atoms. The molecule has 0 aliphatic heterocycles. The number of rotatable bonds is 8. The number of ketones is 1. The maximum atomic E-state index is 15.4. The van der Waals surface area contributed by atoms with Crippen LogP contribution in [0.3, 0.4) is 0 Å². The highest BCUT2D eigenvalue weighted by molar-refractivity contribution is 7.92. The van der Waals surface area contributed by atoms with Crippen molar-refractivity contribution >= 4 is 57.1 Å². The van der Waals surface area contributed by atoms with Gasteiger partial charge in [0.15, 0.2) is 34.4 Å². The van der Waals surface area contributed by atoms with Crippen molar-refractivity contribution in [3.05, 3.63) is 59.2 Å². The number of halogens is 2. The zero-order valence-corrected chi connectivity index (χ0v) is 25.1. The van der Waals surface area contributed by atoms with E-state index < -0.39 is 63.3 Å². The Kier molecular flexibility index (Phi) is 8.69. The van der Waals surface area contributed by atoms with Crippen LogP contribution in [-0.4, -0.2) is 52.5 Å². The highest BCUT2D eigenvalue weighted by Gasteiger charge is 2.40. The van der Waals surface area contributed by atoms with Gasteiger partial charge in [0.2, 0.25) is 11.5 Å². The average molecular weight is 618 g/mol. The van der Waals surface area contributed by atoms with Crippen LogP contribution in [0.5, 0.6) is 11.5 Å². The van der Waals surface area contributed by atoms with Crippen LogP contribution < -0.4 is 24.8 Å². The fourth-order valence-corrected chi connectivity index (χ4v) is 4.81. The smallest absolute Gasteiger partial charge is 0.457 e. The number of carbonyl (C=O) groups is 2. The molecule has 4 aromatic rings. The van der Waals surface area contributed by atoms with Crippen LogP contribution in [0.15, 0.2) is 35.1 Å². The van der Waals surface area contributed by atoms with Crippen molar-refractivity contribution < 1.29 is 41.6 Å². The number of pyridine rings is 2. The lowest BCUT2D eigenvalue weighted by atomic mass is 10.0. The maximum Gasteiger partial charge on any atom is 0.457 e. The number of hydrogen-bond donors (Lipinski definition) is 2. The lowest BCUT2D eigenvalue weighted by molar-refractivity contribution is 0.0609. The summed E-state index contributed by atoms with van der Waals surface area (Å²) in [5.41, 5.74) is 4.98. The van der Waals surface area contributed by atoms with Crippen molar-refractivity contribution in [3.8, 4) is 11.5 Å². The molecule has 1 aromatic carbocycles. The number of aryl methyl sites for hydroxylation is 1. The Morgan fingerprint density at radius 1 is 1.09 bits per heavy atom. The molecule has 0 fully saturated rings. The van der Waals surface area contributed by atoms with Gasteiger partial charge in [-0.15, -0.1) is 0 Å². The molecule has 3 N–H and O–H groups in total. The molecule has 0 aliphatic carbocycles. The number of ether oxygens (including phenoxy) is 3. The van der Waals surface area contributed by atoms with Gasteiger partial charge in [0.1, 0.15) is 23.2 Å². The first-order valence-electron chi connectivity index (χ1n) is 12.6. The summed E-state index contributed by atoms with van der Waals surface area (Å²) >= 11 is -2.17. The molecular weight excluding hydrogens is 588 g/mol. The third-order valence-electron chi connectivity index (χ3n) is 5.99. The average Bonchev–Trinajstić information content (AvgIpc) is 3.28. The fraction of sp³-hybridized carbons (Fsp3) is 0.286. The molecule has 0 aliphatic rings. The fourth-order valence-electron chi connectivity index (χ4n) is 4.13. The molecule has 0 saturated heterocycles. The van der Waals surface area contributed by atoms with E-state index >= 15 is 8.78 Å². The zero-order chi connectivity index (χ0) is 31.8. The first-order chi connectivity index (χ1) is 20.2. The van der Waals surface area contributed by atoms with E-state index in [0.29, 0.717) is 21.2 Å². The van der Waals surface area contributed by atoms with Gasteiger partial charge >= 0.3 is 6.09 Å². The Labute approximate surface area is 248 Å². The lowest BCUT2D eigenvalue weighted by Gasteiger charge is -2.26. The molecule has 0 spiro atoms. The van der Waals surface area contributed by atoms with Gasteiger partial charge in [-0.05, 0) is 39.3 Å². The van der Waals surface area contributed by atoms with Crippen LogP contribution in [0.25, 0.3) is 11.0 Å². The van der Waals surface area contributed by atoms with Crippen LogP contribution in [0.1, 0.15) is 42.5 Å². The second-order valence-electron chi connectivity index (χ2n) is 10.2. The number of hydrogen-bond acceptors (Lipinski definition) is 11. The number of anilines is 4. The molecule has 3 aromatic heterocycles. The Balaban J connectivity index is 2.00. The highest BCUT2D eigenvalue weighted by atomic mass is 32.2. The number of nitrogens with two attached hydrogens (primary N) is 1. The second kappa shape index (κ2) is 11.9. The molecule has 1 unspecified atom stereocenters. The number of nitrogen functional groups attached to an aromatic ring is 1. The minimum absolute atomic E-state index is 0.0443.